The number of nitrogens with one attached hydrogen (secondary N) is 1. The second-order valence-corrected chi connectivity index (χ2v) is 11.6. The van der Waals surface area contributed by atoms with E-state index in [9.17, 15) is 9.36 Å². The van der Waals surface area contributed by atoms with Gasteiger partial charge in [-0.1, -0.05) is 30.3 Å². The van der Waals surface area contributed by atoms with Crippen LogP contribution in [0.15, 0.2) is 61.2 Å². The molecular weight excluding hydrogens is 538 g/mol. The van der Waals surface area contributed by atoms with Crippen molar-refractivity contribution < 1.29 is 27.7 Å². The summed E-state index contributed by atoms with van der Waals surface area (Å²) in [6.07, 6.45) is 1.63. The fourth-order valence-corrected chi connectivity index (χ4v) is 5.71. The first-order valence-electron chi connectivity index (χ1n) is 12.7. The van der Waals surface area contributed by atoms with E-state index in [1.807, 2.05) is 18.2 Å². The smallest absolute Gasteiger partial charge is 0.342 e. The summed E-state index contributed by atoms with van der Waals surface area (Å²) in [7, 11) is -3.91. The molecule has 0 spiro atoms. The lowest BCUT2D eigenvalue weighted by molar-refractivity contribution is -0.149. The van der Waals surface area contributed by atoms with E-state index in [2.05, 4.69) is 20.0 Å². The van der Waals surface area contributed by atoms with Gasteiger partial charge in [0.05, 0.1) is 25.1 Å². The summed E-state index contributed by atoms with van der Waals surface area (Å²) in [5, 5.41) is 2.72. The van der Waals surface area contributed by atoms with Crippen molar-refractivity contribution in [3.8, 4) is 16.9 Å². The molecule has 0 aliphatic rings. The van der Waals surface area contributed by atoms with Crippen LogP contribution in [0.2, 0.25) is 0 Å². The predicted octanol–water partition coefficient (Wildman–Crippen LogP) is 4.78. The molecule has 0 amide bonds. The fourth-order valence-electron chi connectivity index (χ4n) is 3.93. The van der Waals surface area contributed by atoms with E-state index in [0.29, 0.717) is 28.8 Å². The van der Waals surface area contributed by atoms with E-state index in [1.54, 1.807) is 49.9 Å². The molecule has 2 heterocycles. The van der Waals surface area contributed by atoms with Crippen LogP contribution in [-0.4, -0.2) is 50.1 Å². The lowest BCUT2D eigenvalue weighted by Crippen LogP contribution is -2.37. The van der Waals surface area contributed by atoms with Crippen molar-refractivity contribution in [3.05, 3.63) is 67.0 Å². The number of nitrogen functional groups attached to an aromatic ring is 1. The highest BCUT2D eigenvalue weighted by Gasteiger charge is 2.32. The van der Waals surface area contributed by atoms with Gasteiger partial charge in [0.15, 0.2) is 11.5 Å². The predicted molar refractivity (Wildman–Crippen MR) is 149 cm³/mol. The number of esters is 1. The summed E-state index contributed by atoms with van der Waals surface area (Å²) in [5.74, 6) is -0.890. The molecule has 4 aromatic rings. The monoisotopic (exact) mass is 570 g/mol. The topological polar surface area (TPSA) is 143 Å². The number of carbonyl (C=O) groups excluding carboxylic acids is 1. The van der Waals surface area contributed by atoms with Gasteiger partial charge >= 0.3 is 13.5 Å². The third-order valence-electron chi connectivity index (χ3n) is 5.79. The lowest BCUT2D eigenvalue weighted by Gasteiger charge is -2.25. The molecular formula is C27H32FN6O5P. The summed E-state index contributed by atoms with van der Waals surface area (Å²) in [6, 6.07) is 12.2. The van der Waals surface area contributed by atoms with Crippen LogP contribution < -0.4 is 15.3 Å². The van der Waals surface area contributed by atoms with Crippen LogP contribution in [0.25, 0.3) is 22.3 Å². The number of nitrogens with two attached hydrogens (primary N) is 1. The number of imidazole rings is 1. The van der Waals surface area contributed by atoms with Crippen molar-refractivity contribution in [1.82, 2.24) is 24.6 Å². The van der Waals surface area contributed by atoms with Crippen molar-refractivity contribution in [2.75, 3.05) is 12.1 Å². The molecule has 0 fully saturated rings. The zero-order valence-corrected chi connectivity index (χ0v) is 23.5. The second kappa shape index (κ2) is 12.5. The Morgan fingerprint density at radius 1 is 1.10 bits per heavy atom. The Bertz CT molecular complexity index is 1520. The van der Waals surface area contributed by atoms with Gasteiger partial charge in [0.2, 0.25) is 0 Å². The van der Waals surface area contributed by atoms with Gasteiger partial charge in [0.25, 0.3) is 0 Å². The Morgan fingerprint density at radius 3 is 2.55 bits per heavy atom. The van der Waals surface area contributed by atoms with Crippen molar-refractivity contribution in [2.45, 2.75) is 52.5 Å². The quantitative estimate of drug-likeness (QED) is 0.180. The largest absolute Gasteiger partial charge is 0.462 e. The molecule has 0 saturated carbocycles. The minimum atomic E-state index is -3.91. The van der Waals surface area contributed by atoms with Crippen LogP contribution >= 0.6 is 7.52 Å². The summed E-state index contributed by atoms with van der Waals surface area (Å²) in [5.41, 5.74) is 7.90. The number of ether oxygens (including phenoxy) is 2. The number of benzene rings is 2. The van der Waals surface area contributed by atoms with Crippen LogP contribution in [0.3, 0.4) is 0 Å². The second-order valence-electron chi connectivity index (χ2n) is 9.54. The molecule has 212 valence electrons. The maximum absolute atomic E-state index is 15.0. The molecule has 0 aliphatic heterocycles. The van der Waals surface area contributed by atoms with Gasteiger partial charge in [-0.05, 0) is 45.4 Å². The molecule has 0 radical (unpaired) electrons. The zero-order valence-electron chi connectivity index (χ0n) is 22.7. The molecule has 13 heteroatoms. The number of nitrogens with zero attached hydrogens (tertiary/aromatic N) is 4. The highest BCUT2D eigenvalue weighted by Crippen LogP contribution is 2.45. The Kier molecular flexibility index (Phi) is 9.14. The highest BCUT2D eigenvalue weighted by molar-refractivity contribution is 7.57. The molecule has 2 aromatic carbocycles. The van der Waals surface area contributed by atoms with E-state index in [4.69, 9.17) is 19.7 Å². The standard InChI is InChI=1S/C27H32FN6O5P/c1-17(2)38-27(35)19(4)33-40(36,39-21-10-11-22(23(28)12-21)20-8-6-5-7-9-20)16-37-18(3)13-34-15-32-24-25(29)30-14-31-26(24)34/h5-12,14-15,17-19H,13,16H2,1-4H3,(H,33,36)(H2,29,30,31)/t18-,19+,40?/m1/s1. The van der Waals surface area contributed by atoms with E-state index < -0.39 is 37.8 Å². The lowest BCUT2D eigenvalue weighted by atomic mass is 10.1. The van der Waals surface area contributed by atoms with Gasteiger partial charge in [-0.25, -0.2) is 24.4 Å². The summed E-state index contributed by atoms with van der Waals surface area (Å²) >= 11 is 0. The van der Waals surface area contributed by atoms with E-state index in [0.717, 1.165) is 6.07 Å². The van der Waals surface area contributed by atoms with E-state index in [1.165, 1.54) is 19.3 Å². The molecule has 0 aliphatic carbocycles. The van der Waals surface area contributed by atoms with Gasteiger partial charge in [0, 0.05) is 11.6 Å². The molecule has 2 aromatic heterocycles. The molecule has 40 heavy (non-hydrogen) atoms. The van der Waals surface area contributed by atoms with Crippen LogP contribution in [0.1, 0.15) is 27.7 Å². The molecule has 0 saturated heterocycles. The van der Waals surface area contributed by atoms with Crippen molar-refractivity contribution in [1.29, 1.82) is 0 Å². The first kappa shape index (κ1) is 29.1. The van der Waals surface area contributed by atoms with Crippen LogP contribution in [-0.2, 0) is 25.4 Å². The normalized spacial score (nSPS) is 14.6. The number of halogens is 1. The number of aromatic nitrogens is 4. The number of fused-ring (bicyclic) bond motifs is 1. The summed E-state index contributed by atoms with van der Waals surface area (Å²) in [4.78, 5) is 24.8. The number of carbonyl (C=O) groups is 1. The van der Waals surface area contributed by atoms with Crippen molar-refractivity contribution in [3.63, 3.8) is 0 Å². The Morgan fingerprint density at radius 2 is 1.85 bits per heavy atom. The molecule has 1 unspecified atom stereocenters. The minimum Gasteiger partial charge on any atom is -0.462 e. The first-order valence-corrected chi connectivity index (χ1v) is 14.5. The molecule has 3 atom stereocenters. The maximum Gasteiger partial charge on any atom is 0.342 e. The first-order chi connectivity index (χ1) is 19.0. The van der Waals surface area contributed by atoms with Gasteiger partial charge in [-0.2, -0.15) is 0 Å². The summed E-state index contributed by atoms with van der Waals surface area (Å²) < 4.78 is 47.6. The Hall–Kier alpha value is -3.86. The van der Waals surface area contributed by atoms with Gasteiger partial charge < -0.3 is 24.3 Å². The molecule has 4 rings (SSSR count). The van der Waals surface area contributed by atoms with Crippen LogP contribution in [0.5, 0.6) is 5.75 Å². The zero-order chi connectivity index (χ0) is 28.9. The fraction of sp³-hybridized carbons (Fsp3) is 0.333. The van der Waals surface area contributed by atoms with Crippen LogP contribution in [0.4, 0.5) is 10.2 Å². The van der Waals surface area contributed by atoms with Crippen LogP contribution in [0, 0.1) is 5.82 Å². The van der Waals surface area contributed by atoms with Gasteiger partial charge in [-0.3, -0.25) is 9.36 Å². The highest BCUT2D eigenvalue weighted by atomic mass is 31.2. The van der Waals surface area contributed by atoms with Crippen molar-refractivity contribution in [2.24, 2.45) is 0 Å². The molecule has 11 nitrogen and oxygen atoms in total. The SMILES string of the molecule is CC(C)OC(=O)[C@H](C)NP(=O)(CO[C@H](C)Cn1cnc2c(N)ncnc21)Oc1ccc(-c2ccccc2)c(F)c1. The van der Waals surface area contributed by atoms with E-state index in [-0.39, 0.29) is 17.7 Å². The minimum absolute atomic E-state index is 0.0153. The van der Waals surface area contributed by atoms with E-state index >= 15 is 4.39 Å². The number of anilines is 1. The Labute approximate surface area is 231 Å². The molecule has 3 N–H and O–H groups in total. The Balaban J connectivity index is 1.51. The maximum atomic E-state index is 15.0. The number of hydrogen-bond acceptors (Lipinski definition) is 9. The number of hydrogen-bond donors (Lipinski definition) is 2. The molecule has 0 bridgehead atoms. The third kappa shape index (κ3) is 7.20. The van der Waals surface area contributed by atoms with Crippen molar-refractivity contribution >= 4 is 30.5 Å². The van der Waals surface area contributed by atoms with Gasteiger partial charge in [0.1, 0.15) is 35.8 Å². The average molecular weight is 571 g/mol. The average Bonchev–Trinajstić information content (AvgIpc) is 3.31. The number of rotatable bonds is 12. The summed E-state index contributed by atoms with van der Waals surface area (Å²) in [6.45, 7) is 7.00. The van der Waals surface area contributed by atoms with Gasteiger partial charge in [-0.15, -0.1) is 0 Å². The third-order valence-corrected chi connectivity index (χ3v) is 7.56.